The molecule has 11 rings (SSSR count). The Hall–Kier alpha value is -7.95. The standard InChI is InChI=1S/C55H36N4/c1-4-14-37(15-5-1)40-24-27-42(28-25-40)54-56-53(41-19-8-3-9-20-41)57-55(58-54)49-36-46(44-29-26-39-18-10-11-21-43(39)34-44)31-33-52(49)59-50-23-13-12-22-47(50)48-35-45(30-32-51(48)59)38-16-6-2-7-17-38/h1-36H/i2D,6D,7D,12D,13D,16D,17D,22D,23D,30D,32D,35D. The van der Waals surface area contributed by atoms with Crippen LogP contribution in [-0.2, 0) is 0 Å². The Morgan fingerprint density at radius 1 is 0.356 bits per heavy atom. The van der Waals surface area contributed by atoms with Crippen LogP contribution in [0, 0.1) is 0 Å². The summed E-state index contributed by atoms with van der Waals surface area (Å²) in [7, 11) is 0. The molecular weight excluding hydrogens is 717 g/mol. The van der Waals surface area contributed by atoms with Crippen molar-refractivity contribution in [2.45, 2.75) is 0 Å². The Labute approximate surface area is 359 Å². The van der Waals surface area contributed by atoms with Gasteiger partial charge in [-0.1, -0.05) is 182 Å². The summed E-state index contributed by atoms with van der Waals surface area (Å²) in [5.41, 5.74) is 4.30. The smallest absolute Gasteiger partial charge is 0.166 e. The van der Waals surface area contributed by atoms with E-state index in [4.69, 9.17) is 24.5 Å². The lowest BCUT2D eigenvalue weighted by atomic mass is 9.98. The maximum atomic E-state index is 9.76. The summed E-state index contributed by atoms with van der Waals surface area (Å²) >= 11 is 0. The molecule has 4 heteroatoms. The maximum Gasteiger partial charge on any atom is 0.166 e. The predicted octanol–water partition coefficient (Wildman–Crippen LogP) is 14.1. The molecular formula is C55H36N4. The van der Waals surface area contributed by atoms with Crippen LogP contribution < -0.4 is 0 Å². The van der Waals surface area contributed by atoms with Crippen LogP contribution in [0.15, 0.2) is 218 Å². The van der Waals surface area contributed by atoms with E-state index in [0.29, 0.717) is 28.3 Å². The fraction of sp³-hybridized carbons (Fsp3) is 0. The number of hydrogen-bond donors (Lipinski definition) is 0. The second-order valence-corrected chi connectivity index (χ2v) is 13.9. The summed E-state index contributed by atoms with van der Waals surface area (Å²) in [6, 6.07) is 39.1. The van der Waals surface area contributed by atoms with Gasteiger partial charge in [0.15, 0.2) is 17.5 Å². The molecule has 2 aromatic heterocycles. The molecule has 276 valence electrons. The largest absolute Gasteiger partial charge is 0.309 e. The second kappa shape index (κ2) is 14.5. The van der Waals surface area contributed by atoms with Gasteiger partial charge in [-0.25, -0.2) is 15.0 Å². The van der Waals surface area contributed by atoms with E-state index in [1.807, 2.05) is 133 Å². The van der Waals surface area contributed by atoms with Crippen molar-refractivity contribution >= 4 is 32.6 Å². The minimum atomic E-state index is -0.703. The lowest BCUT2D eigenvalue weighted by molar-refractivity contribution is 1.06. The average molecular weight is 765 g/mol. The third-order valence-corrected chi connectivity index (χ3v) is 10.4. The highest BCUT2D eigenvalue weighted by molar-refractivity contribution is 6.11. The molecule has 0 aliphatic rings. The van der Waals surface area contributed by atoms with Gasteiger partial charge in [0.25, 0.3) is 0 Å². The van der Waals surface area contributed by atoms with E-state index in [-0.39, 0.29) is 33.3 Å². The van der Waals surface area contributed by atoms with Gasteiger partial charge in [0, 0.05) is 27.5 Å². The van der Waals surface area contributed by atoms with Crippen molar-refractivity contribution in [3.63, 3.8) is 0 Å². The SMILES string of the molecule is [2H]c1c([2H])c([2H])c(-c2c([2H])c([2H])c3c(c2[2H])c2c([2H])c([2H])c([2H])c([2H])c2n3-c2ccc(-c3ccc4ccccc4c3)cc2-c2nc(-c3ccccc3)nc(-c3ccc(-c4ccccc4)cc3)n2)c([2H])c1[2H]. The zero-order valence-electron chi connectivity index (χ0n) is 43.1. The Balaban J connectivity index is 1.26. The Morgan fingerprint density at radius 2 is 0.915 bits per heavy atom. The highest BCUT2D eigenvalue weighted by atomic mass is 15.1. The van der Waals surface area contributed by atoms with Crippen molar-refractivity contribution in [3.8, 4) is 73.2 Å². The van der Waals surface area contributed by atoms with Crippen LogP contribution in [-0.4, -0.2) is 19.5 Å². The molecule has 0 saturated heterocycles. The van der Waals surface area contributed by atoms with Crippen molar-refractivity contribution in [1.82, 2.24) is 19.5 Å². The van der Waals surface area contributed by atoms with Crippen LogP contribution >= 0.6 is 0 Å². The van der Waals surface area contributed by atoms with Crippen LogP contribution in [0.3, 0.4) is 0 Å². The third kappa shape index (κ3) is 6.34. The minimum absolute atomic E-state index is 0.126. The molecule has 0 fully saturated rings. The summed E-state index contributed by atoms with van der Waals surface area (Å²) in [6.45, 7) is 0. The molecule has 0 bridgehead atoms. The van der Waals surface area contributed by atoms with Crippen LogP contribution in [0.5, 0.6) is 0 Å². The molecule has 9 aromatic carbocycles. The number of hydrogen-bond acceptors (Lipinski definition) is 3. The van der Waals surface area contributed by atoms with E-state index in [0.717, 1.165) is 33.0 Å². The molecule has 11 aromatic rings. The monoisotopic (exact) mass is 764 g/mol. The van der Waals surface area contributed by atoms with E-state index in [1.54, 1.807) is 6.07 Å². The lowest BCUT2D eigenvalue weighted by Gasteiger charge is -2.17. The zero-order valence-corrected chi connectivity index (χ0v) is 31.1. The van der Waals surface area contributed by atoms with Crippen LogP contribution in [0.25, 0.3) is 106 Å². The summed E-state index contributed by atoms with van der Waals surface area (Å²) in [5.74, 6) is 0.815. The quantitative estimate of drug-likeness (QED) is 0.162. The Bertz CT molecular complexity index is 3980. The summed E-state index contributed by atoms with van der Waals surface area (Å²) < 4.78 is 110. The highest BCUT2D eigenvalue weighted by Gasteiger charge is 2.21. The molecule has 0 spiro atoms. The van der Waals surface area contributed by atoms with E-state index < -0.39 is 83.6 Å². The normalized spacial score (nSPS) is 14.2. The summed E-state index contributed by atoms with van der Waals surface area (Å²) in [5, 5.41) is 1.67. The molecule has 0 amide bonds. The molecule has 0 unspecified atom stereocenters. The van der Waals surface area contributed by atoms with Crippen molar-refractivity contribution in [2.75, 3.05) is 0 Å². The second-order valence-electron chi connectivity index (χ2n) is 13.9. The number of aromatic nitrogens is 4. The number of para-hydroxylation sites is 1. The maximum absolute atomic E-state index is 9.76. The van der Waals surface area contributed by atoms with Crippen LogP contribution in [0.2, 0.25) is 0 Å². The van der Waals surface area contributed by atoms with Gasteiger partial charge in [-0.3, -0.25) is 0 Å². The van der Waals surface area contributed by atoms with Gasteiger partial charge >= 0.3 is 0 Å². The fourth-order valence-corrected chi connectivity index (χ4v) is 7.50. The molecule has 0 radical (unpaired) electrons. The highest BCUT2D eigenvalue weighted by Crippen LogP contribution is 2.40. The van der Waals surface area contributed by atoms with Gasteiger partial charge in [0.05, 0.1) is 33.2 Å². The van der Waals surface area contributed by atoms with Crippen molar-refractivity contribution in [1.29, 1.82) is 0 Å². The van der Waals surface area contributed by atoms with E-state index >= 15 is 0 Å². The van der Waals surface area contributed by atoms with E-state index in [1.165, 1.54) is 4.57 Å². The van der Waals surface area contributed by atoms with Crippen LogP contribution in [0.1, 0.15) is 16.4 Å². The van der Waals surface area contributed by atoms with E-state index in [9.17, 15) is 6.85 Å². The summed E-state index contributed by atoms with van der Waals surface area (Å²) in [6.07, 6.45) is 0. The molecule has 0 aliphatic heterocycles. The lowest BCUT2D eigenvalue weighted by Crippen LogP contribution is -2.04. The van der Waals surface area contributed by atoms with Gasteiger partial charge < -0.3 is 4.57 Å². The van der Waals surface area contributed by atoms with Gasteiger partial charge in [-0.05, 0) is 80.5 Å². The molecule has 2 heterocycles. The van der Waals surface area contributed by atoms with Crippen LogP contribution in [0.4, 0.5) is 0 Å². The van der Waals surface area contributed by atoms with Gasteiger partial charge in [-0.2, -0.15) is 0 Å². The average Bonchev–Trinajstić information content (AvgIpc) is 3.78. The van der Waals surface area contributed by atoms with Crippen molar-refractivity contribution in [2.24, 2.45) is 0 Å². The summed E-state index contributed by atoms with van der Waals surface area (Å²) in [4.78, 5) is 15.2. The first-order valence-corrected chi connectivity index (χ1v) is 19.0. The van der Waals surface area contributed by atoms with Gasteiger partial charge in [0.1, 0.15) is 0 Å². The first-order chi connectivity index (χ1) is 34.2. The minimum Gasteiger partial charge on any atom is -0.309 e. The number of benzene rings is 9. The molecule has 0 saturated carbocycles. The first-order valence-electron chi connectivity index (χ1n) is 25.0. The zero-order chi connectivity index (χ0) is 49.6. The van der Waals surface area contributed by atoms with Crippen molar-refractivity contribution in [3.05, 3.63) is 218 Å². The number of nitrogens with zero attached hydrogens (tertiary/aromatic N) is 4. The topological polar surface area (TPSA) is 43.6 Å². The van der Waals surface area contributed by atoms with Crippen molar-refractivity contribution < 1.29 is 16.4 Å². The molecule has 0 N–H and O–H groups in total. The van der Waals surface area contributed by atoms with E-state index in [2.05, 4.69) is 6.07 Å². The fourth-order valence-electron chi connectivity index (χ4n) is 7.50. The number of rotatable bonds is 7. The predicted molar refractivity (Wildman–Crippen MR) is 244 cm³/mol. The molecule has 59 heavy (non-hydrogen) atoms. The Morgan fingerprint density at radius 3 is 1.69 bits per heavy atom. The Kier molecular flexibility index (Phi) is 5.90. The molecule has 0 atom stereocenters. The first kappa shape index (κ1) is 24.0. The molecule has 0 aliphatic carbocycles. The van der Waals surface area contributed by atoms with Gasteiger partial charge in [0.2, 0.25) is 0 Å². The van der Waals surface area contributed by atoms with Gasteiger partial charge in [-0.15, -0.1) is 0 Å². The molecule has 4 nitrogen and oxygen atoms in total. The third-order valence-electron chi connectivity index (χ3n) is 10.4. The number of fused-ring (bicyclic) bond motifs is 4.